The number of nitrogens with one attached hydrogen (secondary N) is 2. The van der Waals surface area contributed by atoms with Gasteiger partial charge in [-0.15, -0.1) is 0 Å². The molecule has 0 aliphatic carbocycles. The molecule has 2 rings (SSSR count). The van der Waals surface area contributed by atoms with Crippen molar-refractivity contribution in [3.63, 3.8) is 0 Å². The van der Waals surface area contributed by atoms with Gasteiger partial charge in [0, 0.05) is 25.1 Å². The summed E-state index contributed by atoms with van der Waals surface area (Å²) < 4.78 is 4.54. The van der Waals surface area contributed by atoms with E-state index in [1.54, 1.807) is 0 Å². The Hall–Kier alpha value is -2.04. The van der Waals surface area contributed by atoms with Crippen LogP contribution in [-0.4, -0.2) is 31.6 Å². The van der Waals surface area contributed by atoms with Crippen molar-refractivity contribution in [1.82, 2.24) is 5.32 Å². The van der Waals surface area contributed by atoms with Gasteiger partial charge in [-0.3, -0.25) is 9.59 Å². The van der Waals surface area contributed by atoms with Gasteiger partial charge >= 0.3 is 5.97 Å². The number of amides is 1. The highest BCUT2D eigenvalue weighted by Gasteiger charge is 2.25. The number of para-hydroxylation sites is 1. The van der Waals surface area contributed by atoms with Crippen LogP contribution in [0.1, 0.15) is 18.4 Å². The van der Waals surface area contributed by atoms with Gasteiger partial charge in [0.1, 0.15) is 6.04 Å². The van der Waals surface area contributed by atoms with E-state index in [0.717, 1.165) is 11.3 Å². The van der Waals surface area contributed by atoms with Crippen LogP contribution in [-0.2, 0) is 20.7 Å². The molecule has 0 fully saturated rings. The molecule has 1 aromatic carbocycles. The summed E-state index contributed by atoms with van der Waals surface area (Å²) in [7, 11) is 1.36. The van der Waals surface area contributed by atoms with Gasteiger partial charge in [-0.25, -0.2) is 0 Å². The smallest absolute Gasteiger partial charge is 0.305 e. The Morgan fingerprint density at radius 3 is 2.95 bits per heavy atom. The van der Waals surface area contributed by atoms with Crippen molar-refractivity contribution < 1.29 is 14.3 Å². The van der Waals surface area contributed by atoms with Gasteiger partial charge in [0.2, 0.25) is 5.91 Å². The normalized spacial score (nSPS) is 16.4. The zero-order chi connectivity index (χ0) is 13.7. The summed E-state index contributed by atoms with van der Waals surface area (Å²) in [5.41, 5.74) is 2.19. The van der Waals surface area contributed by atoms with E-state index in [9.17, 15) is 9.59 Å². The molecule has 1 atom stereocenters. The Morgan fingerprint density at radius 1 is 1.42 bits per heavy atom. The van der Waals surface area contributed by atoms with Crippen molar-refractivity contribution in [2.75, 3.05) is 19.0 Å². The topological polar surface area (TPSA) is 67.4 Å². The standard InChI is InChI=1S/C14H18N2O3/c1-19-13(17)7-4-8-15-14(18)12-9-10-5-2-3-6-11(10)16-12/h2-3,5-6,12,16H,4,7-9H2,1H3,(H,15,18). The highest BCUT2D eigenvalue weighted by molar-refractivity contribution is 5.87. The predicted octanol–water partition coefficient (Wildman–Crippen LogP) is 1.09. The molecule has 1 amide bonds. The summed E-state index contributed by atoms with van der Waals surface area (Å²) >= 11 is 0. The maximum Gasteiger partial charge on any atom is 0.305 e. The summed E-state index contributed by atoms with van der Waals surface area (Å²) in [6.07, 6.45) is 1.63. The average molecular weight is 262 g/mol. The van der Waals surface area contributed by atoms with Crippen molar-refractivity contribution in [1.29, 1.82) is 0 Å². The van der Waals surface area contributed by atoms with Gasteiger partial charge in [0.25, 0.3) is 0 Å². The third kappa shape index (κ3) is 3.47. The molecule has 0 radical (unpaired) electrons. The molecule has 2 N–H and O–H groups in total. The van der Waals surface area contributed by atoms with Crippen LogP contribution in [0.3, 0.4) is 0 Å². The van der Waals surface area contributed by atoms with Gasteiger partial charge in [0.05, 0.1) is 7.11 Å². The fourth-order valence-electron chi connectivity index (χ4n) is 2.13. The van der Waals surface area contributed by atoms with Gasteiger partial charge in [0.15, 0.2) is 0 Å². The van der Waals surface area contributed by atoms with Crippen LogP contribution in [0.15, 0.2) is 24.3 Å². The van der Waals surface area contributed by atoms with E-state index >= 15 is 0 Å². The second kappa shape index (κ2) is 6.22. The van der Waals surface area contributed by atoms with Gasteiger partial charge in [-0.05, 0) is 18.1 Å². The average Bonchev–Trinajstić information content (AvgIpc) is 2.87. The fourth-order valence-corrected chi connectivity index (χ4v) is 2.13. The minimum absolute atomic E-state index is 0.0268. The number of hydrogen-bond donors (Lipinski definition) is 2. The molecule has 1 aliphatic heterocycles. The first-order valence-corrected chi connectivity index (χ1v) is 6.39. The Bertz CT molecular complexity index is 449. The van der Waals surface area contributed by atoms with E-state index in [2.05, 4.69) is 15.4 Å². The summed E-state index contributed by atoms with van der Waals surface area (Å²) in [5, 5.41) is 6.02. The molecule has 102 valence electrons. The zero-order valence-corrected chi connectivity index (χ0v) is 10.9. The molecular formula is C14H18N2O3. The zero-order valence-electron chi connectivity index (χ0n) is 10.9. The van der Waals surface area contributed by atoms with Crippen molar-refractivity contribution in [3.8, 4) is 0 Å². The van der Waals surface area contributed by atoms with Crippen molar-refractivity contribution >= 4 is 17.6 Å². The Kier molecular flexibility index (Phi) is 4.39. The first kappa shape index (κ1) is 13.4. The molecule has 0 aromatic heterocycles. The molecular weight excluding hydrogens is 244 g/mol. The lowest BCUT2D eigenvalue weighted by Gasteiger charge is -2.11. The van der Waals surface area contributed by atoms with Crippen LogP contribution in [0.4, 0.5) is 5.69 Å². The summed E-state index contributed by atoms with van der Waals surface area (Å²) in [5.74, 6) is -0.276. The van der Waals surface area contributed by atoms with Crippen molar-refractivity contribution in [2.24, 2.45) is 0 Å². The third-order valence-electron chi connectivity index (χ3n) is 3.17. The molecule has 5 heteroatoms. The summed E-state index contributed by atoms with van der Waals surface area (Å²) in [6, 6.07) is 7.70. The molecule has 1 aliphatic rings. The molecule has 0 spiro atoms. The first-order valence-electron chi connectivity index (χ1n) is 6.39. The van der Waals surface area contributed by atoms with E-state index in [1.807, 2.05) is 24.3 Å². The SMILES string of the molecule is COC(=O)CCCNC(=O)C1Cc2ccccc2N1. The number of methoxy groups -OCH3 is 1. The number of benzene rings is 1. The molecule has 5 nitrogen and oxygen atoms in total. The van der Waals surface area contributed by atoms with E-state index in [1.165, 1.54) is 7.11 Å². The van der Waals surface area contributed by atoms with Crippen LogP contribution in [0.5, 0.6) is 0 Å². The molecule has 0 saturated carbocycles. The lowest BCUT2D eigenvalue weighted by atomic mass is 10.1. The Balaban J connectivity index is 1.73. The minimum atomic E-state index is -0.249. The maximum atomic E-state index is 11.9. The number of anilines is 1. The van der Waals surface area contributed by atoms with E-state index < -0.39 is 0 Å². The lowest BCUT2D eigenvalue weighted by molar-refractivity contribution is -0.140. The monoisotopic (exact) mass is 262 g/mol. The van der Waals surface area contributed by atoms with Crippen LogP contribution < -0.4 is 10.6 Å². The Morgan fingerprint density at radius 2 is 2.21 bits per heavy atom. The highest BCUT2D eigenvalue weighted by Crippen LogP contribution is 2.24. The first-order chi connectivity index (χ1) is 9.20. The van der Waals surface area contributed by atoms with E-state index in [4.69, 9.17) is 0 Å². The van der Waals surface area contributed by atoms with Crippen molar-refractivity contribution in [3.05, 3.63) is 29.8 Å². The van der Waals surface area contributed by atoms with Crippen molar-refractivity contribution in [2.45, 2.75) is 25.3 Å². The van der Waals surface area contributed by atoms with Crippen LogP contribution in [0.2, 0.25) is 0 Å². The number of esters is 1. The lowest BCUT2D eigenvalue weighted by Crippen LogP contribution is -2.38. The molecule has 0 saturated heterocycles. The maximum absolute atomic E-state index is 11.9. The van der Waals surface area contributed by atoms with Crippen LogP contribution >= 0.6 is 0 Å². The van der Waals surface area contributed by atoms with Crippen LogP contribution in [0, 0.1) is 0 Å². The number of carbonyl (C=O) groups excluding carboxylic acids is 2. The van der Waals surface area contributed by atoms with Gasteiger partial charge < -0.3 is 15.4 Å². The van der Waals surface area contributed by atoms with Gasteiger partial charge in [-0.1, -0.05) is 18.2 Å². The fraction of sp³-hybridized carbons (Fsp3) is 0.429. The molecule has 1 heterocycles. The molecule has 1 unspecified atom stereocenters. The largest absolute Gasteiger partial charge is 0.469 e. The van der Waals surface area contributed by atoms with E-state index in [-0.39, 0.29) is 17.9 Å². The van der Waals surface area contributed by atoms with E-state index in [0.29, 0.717) is 25.8 Å². The number of ether oxygens (including phenoxy) is 1. The number of fused-ring (bicyclic) bond motifs is 1. The minimum Gasteiger partial charge on any atom is -0.469 e. The third-order valence-corrected chi connectivity index (χ3v) is 3.17. The molecule has 1 aromatic rings. The number of hydrogen-bond acceptors (Lipinski definition) is 4. The highest BCUT2D eigenvalue weighted by atomic mass is 16.5. The molecule has 19 heavy (non-hydrogen) atoms. The van der Waals surface area contributed by atoms with Crippen LogP contribution in [0.25, 0.3) is 0 Å². The quantitative estimate of drug-likeness (QED) is 0.616. The molecule has 0 bridgehead atoms. The summed E-state index contributed by atoms with van der Waals surface area (Å²) in [6.45, 7) is 0.489. The number of rotatable bonds is 5. The van der Waals surface area contributed by atoms with Gasteiger partial charge in [-0.2, -0.15) is 0 Å². The second-order valence-corrected chi connectivity index (χ2v) is 4.53. The second-order valence-electron chi connectivity index (χ2n) is 4.53. The number of carbonyl (C=O) groups is 2. The predicted molar refractivity (Wildman–Crippen MR) is 71.8 cm³/mol. The summed E-state index contributed by atoms with van der Waals surface area (Å²) in [4.78, 5) is 22.9. The Labute approximate surface area is 112 Å².